The van der Waals surface area contributed by atoms with Gasteiger partial charge in [-0.05, 0) is 54.3 Å². The molecule has 1 heterocycles. The smallest absolute Gasteiger partial charge is 0.226 e. The molecule has 0 saturated heterocycles. The summed E-state index contributed by atoms with van der Waals surface area (Å²) in [6.45, 7) is 4.83. The standard InChI is InChI=1S/C23H26N2O3S/c1-16(2)17-6-12-20(13-7-17)28-14-4-5-22(26)25-23-24-21(15-29-23)18-8-10-19(27-3)11-9-18/h6-13,15-16H,4-5,14H2,1-3H3,(H,24,25,26). The fourth-order valence-electron chi connectivity index (χ4n) is 2.78. The van der Waals surface area contributed by atoms with Gasteiger partial charge >= 0.3 is 0 Å². The maximum absolute atomic E-state index is 12.2. The van der Waals surface area contributed by atoms with E-state index in [2.05, 4.69) is 36.3 Å². The van der Waals surface area contributed by atoms with Gasteiger partial charge in [0.15, 0.2) is 5.13 Å². The molecule has 1 N–H and O–H groups in total. The zero-order chi connectivity index (χ0) is 20.6. The number of nitrogens with zero attached hydrogens (tertiary/aromatic N) is 1. The molecule has 1 aromatic heterocycles. The number of ether oxygens (including phenoxy) is 2. The summed E-state index contributed by atoms with van der Waals surface area (Å²) in [5.74, 6) is 2.08. The van der Waals surface area contributed by atoms with Crippen LogP contribution in [0.2, 0.25) is 0 Å². The number of rotatable bonds is 9. The molecule has 0 aliphatic rings. The lowest BCUT2D eigenvalue weighted by molar-refractivity contribution is -0.116. The van der Waals surface area contributed by atoms with E-state index in [0.717, 1.165) is 22.8 Å². The molecular formula is C23H26N2O3S. The van der Waals surface area contributed by atoms with Gasteiger partial charge in [-0.2, -0.15) is 0 Å². The lowest BCUT2D eigenvalue weighted by atomic mass is 10.0. The summed E-state index contributed by atoms with van der Waals surface area (Å²) in [6.07, 6.45) is 1.04. The summed E-state index contributed by atoms with van der Waals surface area (Å²) in [7, 11) is 1.64. The lowest BCUT2D eigenvalue weighted by Crippen LogP contribution is -2.12. The van der Waals surface area contributed by atoms with Crippen LogP contribution in [0, 0.1) is 0 Å². The second-order valence-electron chi connectivity index (χ2n) is 6.99. The van der Waals surface area contributed by atoms with Crippen molar-refractivity contribution in [2.45, 2.75) is 32.6 Å². The zero-order valence-corrected chi connectivity index (χ0v) is 17.8. The summed E-state index contributed by atoms with van der Waals surface area (Å²) < 4.78 is 10.9. The van der Waals surface area contributed by atoms with E-state index >= 15 is 0 Å². The van der Waals surface area contributed by atoms with Crippen LogP contribution in [0.3, 0.4) is 0 Å². The fraction of sp³-hybridized carbons (Fsp3) is 0.304. The minimum absolute atomic E-state index is 0.0561. The molecule has 152 valence electrons. The van der Waals surface area contributed by atoms with Crippen LogP contribution in [0.1, 0.15) is 38.2 Å². The number of anilines is 1. The average molecular weight is 411 g/mol. The number of carbonyl (C=O) groups is 1. The van der Waals surface area contributed by atoms with E-state index in [9.17, 15) is 4.79 Å². The normalized spacial score (nSPS) is 10.8. The molecule has 0 aliphatic heterocycles. The first-order valence-electron chi connectivity index (χ1n) is 9.67. The zero-order valence-electron chi connectivity index (χ0n) is 17.0. The van der Waals surface area contributed by atoms with Gasteiger partial charge in [-0.25, -0.2) is 4.98 Å². The SMILES string of the molecule is COc1ccc(-c2csc(NC(=O)CCCOc3ccc(C(C)C)cc3)n2)cc1. The van der Waals surface area contributed by atoms with Gasteiger partial charge in [0.2, 0.25) is 5.91 Å². The van der Waals surface area contributed by atoms with Crippen LogP contribution in [0.5, 0.6) is 11.5 Å². The molecule has 0 saturated carbocycles. The largest absolute Gasteiger partial charge is 0.497 e. The number of benzene rings is 2. The number of hydrogen-bond donors (Lipinski definition) is 1. The highest BCUT2D eigenvalue weighted by Crippen LogP contribution is 2.26. The predicted molar refractivity (Wildman–Crippen MR) is 118 cm³/mol. The van der Waals surface area contributed by atoms with Crippen LogP contribution in [0.25, 0.3) is 11.3 Å². The number of thiazole rings is 1. The van der Waals surface area contributed by atoms with Crippen molar-refractivity contribution in [1.29, 1.82) is 0 Å². The van der Waals surface area contributed by atoms with Gasteiger partial charge in [0.05, 0.1) is 19.4 Å². The Morgan fingerprint density at radius 1 is 1.07 bits per heavy atom. The maximum atomic E-state index is 12.2. The Morgan fingerprint density at radius 3 is 2.41 bits per heavy atom. The molecule has 3 rings (SSSR count). The molecule has 0 bridgehead atoms. The topological polar surface area (TPSA) is 60.5 Å². The summed E-state index contributed by atoms with van der Waals surface area (Å²) in [5.41, 5.74) is 3.11. The molecule has 6 heteroatoms. The van der Waals surface area contributed by atoms with Gasteiger partial charge < -0.3 is 14.8 Å². The minimum Gasteiger partial charge on any atom is -0.497 e. The number of hydrogen-bond acceptors (Lipinski definition) is 5. The van der Waals surface area contributed by atoms with Gasteiger partial charge in [0.1, 0.15) is 11.5 Å². The van der Waals surface area contributed by atoms with Crippen LogP contribution in [-0.2, 0) is 4.79 Å². The van der Waals surface area contributed by atoms with Gasteiger partial charge in [0, 0.05) is 17.4 Å². The van der Waals surface area contributed by atoms with E-state index < -0.39 is 0 Å². The highest BCUT2D eigenvalue weighted by Gasteiger charge is 2.08. The maximum Gasteiger partial charge on any atom is 0.226 e. The molecule has 3 aromatic rings. The van der Waals surface area contributed by atoms with E-state index in [1.54, 1.807) is 7.11 Å². The first-order chi connectivity index (χ1) is 14.0. The van der Waals surface area contributed by atoms with E-state index in [1.165, 1.54) is 16.9 Å². The Balaban J connectivity index is 1.42. The molecule has 0 atom stereocenters. The summed E-state index contributed by atoms with van der Waals surface area (Å²) in [4.78, 5) is 16.6. The monoisotopic (exact) mass is 410 g/mol. The number of aromatic nitrogens is 1. The third-order valence-electron chi connectivity index (χ3n) is 4.50. The van der Waals surface area contributed by atoms with Gasteiger partial charge in [-0.1, -0.05) is 26.0 Å². The van der Waals surface area contributed by atoms with Crippen molar-refractivity contribution in [3.05, 3.63) is 59.5 Å². The molecular weight excluding hydrogens is 384 g/mol. The molecule has 0 fully saturated rings. The Morgan fingerprint density at radius 2 is 1.76 bits per heavy atom. The van der Waals surface area contributed by atoms with Crippen molar-refractivity contribution in [2.24, 2.45) is 0 Å². The number of carbonyl (C=O) groups excluding carboxylic acids is 1. The van der Waals surface area contributed by atoms with Crippen molar-refractivity contribution in [3.8, 4) is 22.8 Å². The van der Waals surface area contributed by atoms with Crippen molar-refractivity contribution >= 4 is 22.4 Å². The lowest BCUT2D eigenvalue weighted by Gasteiger charge is -2.08. The molecule has 0 radical (unpaired) electrons. The number of methoxy groups -OCH3 is 1. The van der Waals surface area contributed by atoms with Crippen LogP contribution < -0.4 is 14.8 Å². The minimum atomic E-state index is -0.0561. The second kappa shape index (κ2) is 10.1. The van der Waals surface area contributed by atoms with Crippen LogP contribution >= 0.6 is 11.3 Å². The predicted octanol–water partition coefficient (Wildman–Crippen LogP) is 5.74. The molecule has 2 aromatic carbocycles. The van der Waals surface area contributed by atoms with E-state index in [1.807, 2.05) is 41.8 Å². The van der Waals surface area contributed by atoms with Crippen molar-refractivity contribution in [1.82, 2.24) is 4.98 Å². The quantitative estimate of drug-likeness (QED) is 0.457. The third-order valence-corrected chi connectivity index (χ3v) is 5.26. The molecule has 0 unspecified atom stereocenters. The molecule has 0 spiro atoms. The highest BCUT2D eigenvalue weighted by atomic mass is 32.1. The number of amides is 1. The van der Waals surface area contributed by atoms with Crippen LogP contribution in [-0.4, -0.2) is 24.6 Å². The van der Waals surface area contributed by atoms with Gasteiger partial charge in [-0.3, -0.25) is 4.79 Å². The molecule has 5 nitrogen and oxygen atoms in total. The molecule has 1 amide bonds. The summed E-state index contributed by atoms with van der Waals surface area (Å²) in [5, 5.41) is 5.40. The van der Waals surface area contributed by atoms with Crippen molar-refractivity contribution in [3.63, 3.8) is 0 Å². The molecule has 29 heavy (non-hydrogen) atoms. The van der Waals surface area contributed by atoms with Crippen LogP contribution in [0.15, 0.2) is 53.9 Å². The van der Waals surface area contributed by atoms with Crippen LogP contribution in [0.4, 0.5) is 5.13 Å². The Hall–Kier alpha value is -2.86. The van der Waals surface area contributed by atoms with E-state index in [0.29, 0.717) is 30.5 Å². The van der Waals surface area contributed by atoms with Crippen molar-refractivity contribution < 1.29 is 14.3 Å². The van der Waals surface area contributed by atoms with Gasteiger partial charge in [0.25, 0.3) is 0 Å². The summed E-state index contributed by atoms with van der Waals surface area (Å²) >= 11 is 1.42. The average Bonchev–Trinajstić information content (AvgIpc) is 3.20. The summed E-state index contributed by atoms with van der Waals surface area (Å²) in [6, 6.07) is 15.8. The van der Waals surface area contributed by atoms with Gasteiger partial charge in [-0.15, -0.1) is 11.3 Å². The second-order valence-corrected chi connectivity index (χ2v) is 7.85. The highest BCUT2D eigenvalue weighted by molar-refractivity contribution is 7.14. The van der Waals surface area contributed by atoms with Crippen molar-refractivity contribution in [2.75, 3.05) is 19.0 Å². The molecule has 0 aliphatic carbocycles. The first-order valence-corrected chi connectivity index (χ1v) is 10.6. The fourth-order valence-corrected chi connectivity index (χ4v) is 3.51. The number of nitrogens with one attached hydrogen (secondary N) is 1. The van der Waals surface area contributed by atoms with E-state index in [-0.39, 0.29) is 5.91 Å². The van der Waals surface area contributed by atoms with E-state index in [4.69, 9.17) is 9.47 Å². The Bertz CT molecular complexity index is 918. The Labute approximate surface area is 175 Å². The first kappa shape index (κ1) is 20.9. The Kier molecular flexibility index (Phi) is 7.25. The third kappa shape index (κ3) is 6.06.